The SMILES string of the molecule is Cl.Cl.O=C(NCCN1CCc2ccccc21)[C@]1(Cc2ccccc2)C[C@@H]2CC[C@H]1N2. The van der Waals surface area contributed by atoms with Gasteiger partial charge in [0.1, 0.15) is 0 Å². The first-order valence-electron chi connectivity index (χ1n) is 10.7. The predicted molar refractivity (Wildman–Crippen MR) is 127 cm³/mol. The summed E-state index contributed by atoms with van der Waals surface area (Å²) in [6.07, 6.45) is 5.23. The molecule has 2 N–H and O–H groups in total. The summed E-state index contributed by atoms with van der Waals surface area (Å²) >= 11 is 0. The van der Waals surface area contributed by atoms with E-state index >= 15 is 0 Å². The molecule has 2 bridgehead atoms. The third kappa shape index (κ3) is 4.18. The minimum atomic E-state index is -0.298. The third-order valence-electron chi connectivity index (χ3n) is 6.98. The zero-order valence-electron chi connectivity index (χ0n) is 17.2. The Bertz CT molecular complexity index is 863. The second kappa shape index (κ2) is 9.59. The minimum Gasteiger partial charge on any atom is -0.369 e. The molecule has 0 radical (unpaired) electrons. The number of amides is 1. The molecule has 2 fully saturated rings. The van der Waals surface area contributed by atoms with Crippen molar-refractivity contribution < 1.29 is 4.79 Å². The number of halogens is 2. The topological polar surface area (TPSA) is 44.4 Å². The first-order valence-corrected chi connectivity index (χ1v) is 10.7. The lowest BCUT2D eigenvalue weighted by Crippen LogP contribution is -2.51. The van der Waals surface area contributed by atoms with Crippen LogP contribution in [-0.2, 0) is 17.6 Å². The van der Waals surface area contributed by atoms with Gasteiger partial charge in [-0.05, 0) is 49.3 Å². The fourth-order valence-electron chi connectivity index (χ4n) is 5.60. The van der Waals surface area contributed by atoms with Gasteiger partial charge in [-0.25, -0.2) is 0 Å². The number of fused-ring (bicyclic) bond motifs is 3. The highest BCUT2D eigenvalue weighted by atomic mass is 35.5. The molecular formula is C24H31Cl2N3O. The zero-order chi connectivity index (χ0) is 19.0. The van der Waals surface area contributed by atoms with Crippen LogP contribution in [0.2, 0.25) is 0 Å². The maximum atomic E-state index is 13.4. The molecule has 0 spiro atoms. The molecular weight excluding hydrogens is 417 g/mol. The molecule has 6 heteroatoms. The van der Waals surface area contributed by atoms with Gasteiger partial charge in [-0.2, -0.15) is 0 Å². The number of nitrogens with one attached hydrogen (secondary N) is 2. The summed E-state index contributed by atoms with van der Waals surface area (Å²) < 4.78 is 0. The summed E-state index contributed by atoms with van der Waals surface area (Å²) in [5.74, 6) is 0.239. The lowest BCUT2D eigenvalue weighted by molar-refractivity contribution is -0.132. The summed E-state index contributed by atoms with van der Waals surface area (Å²) in [6, 6.07) is 19.9. The summed E-state index contributed by atoms with van der Waals surface area (Å²) in [4.78, 5) is 15.8. The largest absolute Gasteiger partial charge is 0.369 e. The lowest BCUT2D eigenvalue weighted by atomic mass is 9.69. The van der Waals surface area contributed by atoms with Crippen molar-refractivity contribution in [1.82, 2.24) is 10.6 Å². The maximum Gasteiger partial charge on any atom is 0.228 e. The van der Waals surface area contributed by atoms with E-state index in [2.05, 4.69) is 64.1 Å². The van der Waals surface area contributed by atoms with Crippen molar-refractivity contribution in [3.63, 3.8) is 0 Å². The van der Waals surface area contributed by atoms with Gasteiger partial charge in [-0.3, -0.25) is 4.79 Å². The van der Waals surface area contributed by atoms with Crippen molar-refractivity contribution in [3.8, 4) is 0 Å². The molecule has 30 heavy (non-hydrogen) atoms. The molecule has 0 aromatic heterocycles. The van der Waals surface area contributed by atoms with Gasteiger partial charge < -0.3 is 15.5 Å². The van der Waals surface area contributed by atoms with Crippen LogP contribution in [0.4, 0.5) is 5.69 Å². The van der Waals surface area contributed by atoms with E-state index in [4.69, 9.17) is 0 Å². The number of benzene rings is 2. The number of carbonyl (C=O) groups is 1. The molecule has 2 aromatic rings. The Balaban J connectivity index is 0.00000128. The average Bonchev–Trinajstić information content (AvgIpc) is 3.44. The van der Waals surface area contributed by atoms with E-state index in [0.29, 0.717) is 18.6 Å². The number of carbonyl (C=O) groups excluding carboxylic acids is 1. The van der Waals surface area contributed by atoms with Gasteiger partial charge in [0, 0.05) is 37.4 Å². The Kier molecular flexibility index (Phi) is 7.33. The van der Waals surface area contributed by atoms with Crippen LogP contribution >= 0.6 is 24.8 Å². The van der Waals surface area contributed by atoms with Crippen molar-refractivity contribution in [2.45, 2.75) is 44.2 Å². The van der Waals surface area contributed by atoms with Crippen molar-refractivity contribution in [3.05, 3.63) is 65.7 Å². The van der Waals surface area contributed by atoms with Crippen molar-refractivity contribution in [2.24, 2.45) is 5.41 Å². The first kappa shape index (κ1) is 22.9. The number of nitrogens with zero attached hydrogens (tertiary/aromatic N) is 1. The van der Waals surface area contributed by atoms with Crippen molar-refractivity contribution in [2.75, 3.05) is 24.5 Å². The van der Waals surface area contributed by atoms with Gasteiger partial charge >= 0.3 is 0 Å². The highest BCUT2D eigenvalue weighted by molar-refractivity contribution is 5.86. The number of rotatable bonds is 6. The van der Waals surface area contributed by atoms with Gasteiger partial charge in [-0.1, -0.05) is 48.5 Å². The fourth-order valence-corrected chi connectivity index (χ4v) is 5.60. The molecule has 2 saturated heterocycles. The van der Waals surface area contributed by atoms with Crippen LogP contribution in [0.15, 0.2) is 54.6 Å². The number of para-hydroxylation sites is 1. The van der Waals surface area contributed by atoms with Gasteiger partial charge in [-0.15, -0.1) is 24.8 Å². The Hall–Kier alpha value is -1.75. The van der Waals surface area contributed by atoms with Crippen LogP contribution in [0.25, 0.3) is 0 Å². The van der Waals surface area contributed by atoms with E-state index in [1.54, 1.807) is 0 Å². The summed E-state index contributed by atoms with van der Waals surface area (Å²) in [6.45, 7) is 2.64. The van der Waals surface area contributed by atoms with E-state index in [0.717, 1.165) is 38.8 Å². The monoisotopic (exact) mass is 447 g/mol. The van der Waals surface area contributed by atoms with Gasteiger partial charge in [0.05, 0.1) is 5.41 Å². The summed E-state index contributed by atoms with van der Waals surface area (Å²) in [5.41, 5.74) is 3.72. The quantitative estimate of drug-likeness (QED) is 0.708. The van der Waals surface area contributed by atoms with E-state index in [1.165, 1.54) is 23.2 Å². The van der Waals surface area contributed by atoms with Crippen LogP contribution in [0.5, 0.6) is 0 Å². The molecule has 0 aliphatic carbocycles. The van der Waals surface area contributed by atoms with Crippen LogP contribution in [0.1, 0.15) is 30.4 Å². The average molecular weight is 448 g/mol. The minimum absolute atomic E-state index is 0. The van der Waals surface area contributed by atoms with E-state index in [1.807, 2.05) is 6.07 Å². The molecule has 3 aliphatic heterocycles. The Morgan fingerprint density at radius 1 is 1.07 bits per heavy atom. The van der Waals surface area contributed by atoms with Gasteiger partial charge in [0.15, 0.2) is 0 Å². The van der Waals surface area contributed by atoms with E-state index < -0.39 is 0 Å². The second-order valence-electron chi connectivity index (χ2n) is 8.64. The number of hydrogen-bond acceptors (Lipinski definition) is 3. The highest BCUT2D eigenvalue weighted by Gasteiger charge is 2.55. The number of anilines is 1. The molecule has 3 aliphatic rings. The molecule has 0 saturated carbocycles. The summed E-state index contributed by atoms with van der Waals surface area (Å²) in [5, 5.41) is 7.00. The second-order valence-corrected chi connectivity index (χ2v) is 8.64. The third-order valence-corrected chi connectivity index (χ3v) is 6.98. The van der Waals surface area contributed by atoms with Crippen LogP contribution in [0.3, 0.4) is 0 Å². The summed E-state index contributed by atoms with van der Waals surface area (Å²) in [7, 11) is 0. The molecule has 3 atom stereocenters. The standard InChI is InChI=1S/C24H29N3O.2ClH/c28-23(25-13-15-27-14-12-19-8-4-5-9-21(19)27)24(16-18-6-2-1-3-7-18)17-20-10-11-22(24)26-20;;/h1-9,20,22,26H,10-17H2,(H,25,28);2*1H/t20-,22+,24+;;/m0../s1. The van der Waals surface area contributed by atoms with E-state index in [9.17, 15) is 4.79 Å². The molecule has 0 unspecified atom stereocenters. The molecule has 5 rings (SSSR count). The molecule has 162 valence electrons. The van der Waals surface area contributed by atoms with Gasteiger partial charge in [0.25, 0.3) is 0 Å². The molecule has 1 amide bonds. The molecule has 3 heterocycles. The van der Waals surface area contributed by atoms with Crippen LogP contribution in [-0.4, -0.2) is 37.6 Å². The predicted octanol–water partition coefficient (Wildman–Crippen LogP) is 3.76. The van der Waals surface area contributed by atoms with Crippen LogP contribution < -0.4 is 15.5 Å². The van der Waals surface area contributed by atoms with Crippen molar-refractivity contribution >= 4 is 36.4 Å². The van der Waals surface area contributed by atoms with E-state index in [-0.39, 0.29) is 36.1 Å². The molecule has 4 nitrogen and oxygen atoms in total. The highest BCUT2D eigenvalue weighted by Crippen LogP contribution is 2.45. The Morgan fingerprint density at radius 3 is 2.57 bits per heavy atom. The first-order chi connectivity index (χ1) is 13.7. The maximum absolute atomic E-state index is 13.4. The number of hydrogen-bond donors (Lipinski definition) is 2. The smallest absolute Gasteiger partial charge is 0.228 e. The van der Waals surface area contributed by atoms with Crippen molar-refractivity contribution in [1.29, 1.82) is 0 Å². The van der Waals surface area contributed by atoms with Crippen LogP contribution in [0, 0.1) is 5.41 Å². The zero-order valence-corrected chi connectivity index (χ0v) is 18.8. The molecule has 2 aromatic carbocycles. The fraction of sp³-hybridized carbons (Fsp3) is 0.458. The Morgan fingerprint density at radius 2 is 1.83 bits per heavy atom. The normalized spacial score (nSPS) is 25.9. The lowest BCUT2D eigenvalue weighted by Gasteiger charge is -2.35. The Labute approximate surface area is 191 Å². The van der Waals surface area contributed by atoms with Gasteiger partial charge in [0.2, 0.25) is 5.91 Å².